The Hall–Kier alpha value is -0.610. The molecule has 1 saturated heterocycles. The summed E-state index contributed by atoms with van der Waals surface area (Å²) in [6.07, 6.45) is 7.20. The molecule has 4 nitrogen and oxygen atoms in total. The van der Waals surface area contributed by atoms with Crippen LogP contribution in [-0.2, 0) is 9.53 Å². The normalized spacial score (nSPS) is 24.9. The van der Waals surface area contributed by atoms with E-state index < -0.39 is 5.54 Å². The Morgan fingerprint density at radius 3 is 2.75 bits per heavy atom. The van der Waals surface area contributed by atoms with Crippen LogP contribution in [-0.4, -0.2) is 49.2 Å². The molecule has 1 N–H and O–H groups in total. The highest BCUT2D eigenvalue weighted by molar-refractivity contribution is 5.80. The summed E-state index contributed by atoms with van der Waals surface area (Å²) in [5.74, 6) is -0.170. The maximum absolute atomic E-state index is 12.0. The number of likely N-dealkylation sites (N-methyl/N-ethyl adjacent to an activating group) is 1. The van der Waals surface area contributed by atoms with Gasteiger partial charge in [-0.2, -0.15) is 0 Å². The molecule has 1 aliphatic heterocycles. The van der Waals surface area contributed by atoms with Crippen molar-refractivity contribution in [2.24, 2.45) is 0 Å². The van der Waals surface area contributed by atoms with E-state index in [1.54, 1.807) is 0 Å². The van der Waals surface area contributed by atoms with Crippen LogP contribution < -0.4 is 5.32 Å². The number of hydrogen-bond acceptors (Lipinski definition) is 4. The van der Waals surface area contributed by atoms with Crippen LogP contribution in [0.2, 0.25) is 0 Å². The number of methoxy groups -OCH3 is 1. The number of piperidine rings is 1. The van der Waals surface area contributed by atoms with E-state index in [0.717, 1.165) is 13.0 Å². The molecule has 4 heteroatoms. The topological polar surface area (TPSA) is 41.6 Å². The van der Waals surface area contributed by atoms with Crippen LogP contribution in [0.5, 0.6) is 0 Å². The fraction of sp³-hybridized carbons (Fsp3) is 0.938. The minimum Gasteiger partial charge on any atom is -0.468 e. The molecule has 118 valence electrons. The zero-order valence-electron chi connectivity index (χ0n) is 13.9. The van der Waals surface area contributed by atoms with Crippen molar-refractivity contribution >= 4 is 5.97 Å². The van der Waals surface area contributed by atoms with Crippen molar-refractivity contribution in [1.29, 1.82) is 0 Å². The number of esters is 1. The van der Waals surface area contributed by atoms with Gasteiger partial charge in [0.2, 0.25) is 0 Å². The first-order chi connectivity index (χ1) is 9.48. The van der Waals surface area contributed by atoms with E-state index in [1.165, 1.54) is 39.2 Å². The lowest BCUT2D eigenvalue weighted by Crippen LogP contribution is -2.54. The number of nitrogens with one attached hydrogen (secondary N) is 1. The Bertz CT molecular complexity index is 307. The smallest absolute Gasteiger partial charge is 0.325 e. The van der Waals surface area contributed by atoms with Gasteiger partial charge in [0.15, 0.2) is 0 Å². The third-order valence-electron chi connectivity index (χ3n) is 4.75. The van der Waals surface area contributed by atoms with Crippen LogP contribution in [0.4, 0.5) is 0 Å². The largest absolute Gasteiger partial charge is 0.468 e. The molecular weight excluding hydrogens is 252 g/mol. The van der Waals surface area contributed by atoms with Crippen molar-refractivity contribution in [2.45, 2.75) is 76.9 Å². The van der Waals surface area contributed by atoms with Crippen LogP contribution in [0.25, 0.3) is 0 Å². The van der Waals surface area contributed by atoms with Crippen molar-refractivity contribution in [3.05, 3.63) is 0 Å². The van der Waals surface area contributed by atoms with Gasteiger partial charge in [0, 0.05) is 12.1 Å². The van der Waals surface area contributed by atoms with Crippen molar-refractivity contribution < 1.29 is 9.53 Å². The summed E-state index contributed by atoms with van der Waals surface area (Å²) in [6, 6.07) is 1.07. The van der Waals surface area contributed by atoms with E-state index in [2.05, 4.69) is 24.1 Å². The second-order valence-electron chi connectivity index (χ2n) is 6.30. The Morgan fingerprint density at radius 2 is 2.20 bits per heavy atom. The van der Waals surface area contributed by atoms with Gasteiger partial charge in [-0.1, -0.05) is 19.8 Å². The van der Waals surface area contributed by atoms with Gasteiger partial charge >= 0.3 is 5.97 Å². The summed E-state index contributed by atoms with van der Waals surface area (Å²) in [6.45, 7) is 7.59. The average molecular weight is 284 g/mol. The molecule has 0 spiro atoms. The quantitative estimate of drug-likeness (QED) is 0.730. The first-order valence-electron chi connectivity index (χ1n) is 8.01. The molecule has 0 amide bonds. The third-order valence-corrected chi connectivity index (χ3v) is 4.75. The van der Waals surface area contributed by atoms with Gasteiger partial charge in [0.05, 0.1) is 7.11 Å². The monoisotopic (exact) mass is 284 g/mol. The second kappa shape index (κ2) is 7.99. The molecule has 1 rings (SSSR count). The van der Waals surface area contributed by atoms with E-state index in [1.807, 2.05) is 14.0 Å². The lowest BCUT2D eigenvalue weighted by molar-refractivity contribution is -0.148. The zero-order chi connectivity index (χ0) is 15.2. The molecule has 20 heavy (non-hydrogen) atoms. The standard InChI is InChI=1S/C16H32N2O2/c1-6-9-14-10-7-8-11-18(14)13(2)12-16(3,17-4)15(19)20-5/h13-14,17H,6-12H2,1-5H3. The number of rotatable bonds is 7. The van der Waals surface area contributed by atoms with Gasteiger partial charge < -0.3 is 10.1 Å². The Labute approximate surface area is 124 Å². The first-order valence-corrected chi connectivity index (χ1v) is 8.01. The summed E-state index contributed by atoms with van der Waals surface area (Å²) >= 11 is 0. The highest BCUT2D eigenvalue weighted by Crippen LogP contribution is 2.27. The van der Waals surface area contributed by atoms with Crippen LogP contribution >= 0.6 is 0 Å². The number of carbonyl (C=O) groups is 1. The van der Waals surface area contributed by atoms with Gasteiger partial charge in [-0.25, -0.2) is 0 Å². The third kappa shape index (κ3) is 4.19. The van der Waals surface area contributed by atoms with E-state index in [-0.39, 0.29) is 5.97 Å². The Balaban J connectivity index is 2.71. The molecule has 1 aliphatic rings. The summed E-state index contributed by atoms with van der Waals surface area (Å²) in [5.41, 5.74) is -0.595. The molecular formula is C16H32N2O2. The average Bonchev–Trinajstić information content (AvgIpc) is 2.47. The summed E-state index contributed by atoms with van der Waals surface area (Å²) < 4.78 is 4.95. The van der Waals surface area contributed by atoms with Gasteiger partial charge in [0.1, 0.15) is 5.54 Å². The van der Waals surface area contributed by atoms with Crippen LogP contribution in [0.1, 0.15) is 59.3 Å². The highest BCUT2D eigenvalue weighted by Gasteiger charge is 2.37. The predicted molar refractivity (Wildman–Crippen MR) is 82.8 cm³/mol. The van der Waals surface area contributed by atoms with E-state index in [9.17, 15) is 4.79 Å². The van der Waals surface area contributed by atoms with E-state index in [4.69, 9.17) is 4.74 Å². The maximum Gasteiger partial charge on any atom is 0.325 e. The van der Waals surface area contributed by atoms with Crippen molar-refractivity contribution in [2.75, 3.05) is 20.7 Å². The molecule has 0 aromatic rings. The van der Waals surface area contributed by atoms with Gasteiger partial charge in [-0.3, -0.25) is 9.69 Å². The summed E-state index contributed by atoms with van der Waals surface area (Å²) in [4.78, 5) is 14.6. The lowest BCUT2D eigenvalue weighted by atomic mass is 9.89. The number of carbonyl (C=O) groups excluding carboxylic acids is 1. The Morgan fingerprint density at radius 1 is 1.50 bits per heavy atom. The summed E-state index contributed by atoms with van der Waals surface area (Å²) in [5, 5.41) is 3.14. The fourth-order valence-electron chi connectivity index (χ4n) is 3.47. The number of hydrogen-bond donors (Lipinski definition) is 1. The maximum atomic E-state index is 12.0. The van der Waals surface area contributed by atoms with Gasteiger partial charge in [-0.05, 0) is 53.1 Å². The van der Waals surface area contributed by atoms with Crippen molar-refractivity contribution in [1.82, 2.24) is 10.2 Å². The molecule has 0 radical (unpaired) electrons. The second-order valence-corrected chi connectivity index (χ2v) is 6.30. The lowest BCUT2D eigenvalue weighted by Gasteiger charge is -2.42. The van der Waals surface area contributed by atoms with Crippen LogP contribution in [0, 0.1) is 0 Å². The van der Waals surface area contributed by atoms with E-state index in [0.29, 0.717) is 12.1 Å². The molecule has 0 aromatic heterocycles. The minimum atomic E-state index is -0.595. The van der Waals surface area contributed by atoms with Crippen molar-refractivity contribution in [3.63, 3.8) is 0 Å². The molecule has 0 bridgehead atoms. The van der Waals surface area contributed by atoms with Gasteiger partial charge in [0.25, 0.3) is 0 Å². The van der Waals surface area contributed by atoms with E-state index >= 15 is 0 Å². The molecule has 1 heterocycles. The zero-order valence-corrected chi connectivity index (χ0v) is 13.9. The fourth-order valence-corrected chi connectivity index (χ4v) is 3.47. The molecule has 0 saturated carbocycles. The van der Waals surface area contributed by atoms with Crippen LogP contribution in [0.15, 0.2) is 0 Å². The number of ether oxygens (including phenoxy) is 1. The van der Waals surface area contributed by atoms with Crippen LogP contribution in [0.3, 0.4) is 0 Å². The SMILES string of the molecule is CCCC1CCCCN1C(C)CC(C)(NC)C(=O)OC. The molecule has 3 atom stereocenters. The highest BCUT2D eigenvalue weighted by atomic mass is 16.5. The predicted octanol–water partition coefficient (Wildman–Crippen LogP) is 2.57. The molecule has 1 fully saturated rings. The summed E-state index contributed by atoms with van der Waals surface area (Å²) in [7, 11) is 3.30. The molecule has 0 aliphatic carbocycles. The van der Waals surface area contributed by atoms with Crippen molar-refractivity contribution in [3.8, 4) is 0 Å². The number of nitrogens with zero attached hydrogens (tertiary/aromatic N) is 1. The molecule has 0 aromatic carbocycles. The first kappa shape index (κ1) is 17.4. The molecule has 3 unspecified atom stereocenters. The Kier molecular flexibility index (Phi) is 6.96. The van der Waals surface area contributed by atoms with Gasteiger partial charge in [-0.15, -0.1) is 0 Å². The minimum absolute atomic E-state index is 0.170. The number of likely N-dealkylation sites (tertiary alicyclic amines) is 1.